The van der Waals surface area contributed by atoms with E-state index in [1.165, 1.54) is 0 Å². The molecule has 2 rings (SSSR count). The molecule has 3 nitrogen and oxygen atoms in total. The van der Waals surface area contributed by atoms with Crippen LogP contribution in [0.4, 0.5) is 0 Å². The number of fused-ring (bicyclic) bond motifs is 1. The molecule has 2 saturated heterocycles. The van der Waals surface area contributed by atoms with Crippen LogP contribution in [0.1, 0.15) is 19.8 Å². The molecule has 0 amide bonds. The number of carbonyl (C=O) groups is 1. The van der Waals surface area contributed by atoms with Crippen molar-refractivity contribution in [3.05, 3.63) is 0 Å². The van der Waals surface area contributed by atoms with Gasteiger partial charge < -0.3 is 4.74 Å². The third-order valence-corrected chi connectivity index (χ3v) is 2.32. The molecule has 2 aliphatic rings. The molecule has 1 unspecified atom stereocenters. The smallest absolute Gasteiger partial charge is 0.325 e. The molecule has 0 saturated carbocycles. The molecule has 2 heterocycles. The third kappa shape index (κ3) is 0.669. The van der Waals surface area contributed by atoms with E-state index in [0.29, 0.717) is 0 Å². The molecule has 2 atom stereocenters. The van der Waals surface area contributed by atoms with E-state index in [0.717, 1.165) is 19.4 Å². The number of nitrogens with zero attached hydrogens (tertiary/aromatic N) is 1. The van der Waals surface area contributed by atoms with Crippen LogP contribution in [-0.4, -0.2) is 29.7 Å². The molecule has 0 aromatic heterocycles. The second-order valence-electron chi connectivity index (χ2n) is 2.93. The Morgan fingerprint density at radius 1 is 1.70 bits per heavy atom. The van der Waals surface area contributed by atoms with Crippen molar-refractivity contribution in [2.45, 2.75) is 32.0 Å². The molecule has 3 heteroatoms. The molecule has 0 aliphatic carbocycles. The molecule has 56 valence electrons. The third-order valence-electron chi connectivity index (χ3n) is 2.32. The minimum atomic E-state index is -0.0231. The lowest BCUT2D eigenvalue weighted by Crippen LogP contribution is -2.30. The van der Waals surface area contributed by atoms with E-state index in [-0.39, 0.29) is 18.2 Å². The summed E-state index contributed by atoms with van der Waals surface area (Å²) in [5.74, 6) is -0.0231. The molecule has 0 N–H and O–H groups in total. The summed E-state index contributed by atoms with van der Waals surface area (Å²) in [5.41, 5.74) is 0. The van der Waals surface area contributed by atoms with E-state index in [1.54, 1.807) is 0 Å². The molecule has 0 aromatic rings. The summed E-state index contributed by atoms with van der Waals surface area (Å²) >= 11 is 0. The second-order valence-corrected chi connectivity index (χ2v) is 2.93. The number of cyclic esters (lactones) is 1. The summed E-state index contributed by atoms with van der Waals surface area (Å²) in [7, 11) is 0. The van der Waals surface area contributed by atoms with Gasteiger partial charge in [-0.1, -0.05) is 0 Å². The van der Waals surface area contributed by atoms with Crippen LogP contribution in [0.3, 0.4) is 0 Å². The van der Waals surface area contributed by atoms with Gasteiger partial charge in [0.2, 0.25) is 0 Å². The first-order valence-electron chi connectivity index (χ1n) is 3.75. The van der Waals surface area contributed by atoms with Gasteiger partial charge in [0, 0.05) is 6.54 Å². The highest BCUT2D eigenvalue weighted by Crippen LogP contribution is 2.27. The van der Waals surface area contributed by atoms with Gasteiger partial charge in [0.1, 0.15) is 6.04 Å². The van der Waals surface area contributed by atoms with Crippen molar-refractivity contribution >= 4 is 5.97 Å². The van der Waals surface area contributed by atoms with Crippen molar-refractivity contribution in [3.8, 4) is 0 Å². The largest absolute Gasteiger partial charge is 0.445 e. The van der Waals surface area contributed by atoms with Crippen LogP contribution < -0.4 is 0 Å². The van der Waals surface area contributed by atoms with Crippen LogP contribution in [0.25, 0.3) is 0 Å². The molecule has 2 fully saturated rings. The average Bonchev–Trinajstić information content (AvgIpc) is 2.39. The SMILES string of the molecule is CC1OC(=O)[C@@H]2CCCN12. The first kappa shape index (κ1) is 6.16. The Labute approximate surface area is 60.0 Å². The topological polar surface area (TPSA) is 29.5 Å². The maximum atomic E-state index is 11.0. The number of carbonyl (C=O) groups excluding carboxylic acids is 1. The van der Waals surface area contributed by atoms with Crippen LogP contribution in [-0.2, 0) is 9.53 Å². The molecule has 0 bridgehead atoms. The summed E-state index contributed by atoms with van der Waals surface area (Å²) in [6.45, 7) is 2.96. The van der Waals surface area contributed by atoms with Crippen molar-refractivity contribution in [2.24, 2.45) is 0 Å². The highest BCUT2D eigenvalue weighted by Gasteiger charge is 2.42. The lowest BCUT2D eigenvalue weighted by molar-refractivity contribution is -0.142. The van der Waals surface area contributed by atoms with Crippen LogP contribution in [0, 0.1) is 0 Å². The number of esters is 1. The average molecular weight is 141 g/mol. The maximum absolute atomic E-state index is 11.0. The highest BCUT2D eigenvalue weighted by atomic mass is 16.6. The summed E-state index contributed by atoms with van der Waals surface area (Å²) in [6, 6.07) is 0.0926. The molecular weight excluding hydrogens is 130 g/mol. The number of hydrogen-bond donors (Lipinski definition) is 0. The van der Waals surface area contributed by atoms with E-state index >= 15 is 0 Å². The standard InChI is InChI=1S/C7H11NO2/c1-5-8-4-2-3-6(8)7(9)10-5/h5-6H,2-4H2,1H3/t5?,6-/m0/s1. The Morgan fingerprint density at radius 3 is 3.20 bits per heavy atom. The minimum Gasteiger partial charge on any atom is -0.445 e. The van der Waals surface area contributed by atoms with Gasteiger partial charge in [-0.2, -0.15) is 0 Å². The van der Waals surface area contributed by atoms with Crippen molar-refractivity contribution in [2.75, 3.05) is 6.54 Å². The minimum absolute atomic E-state index is 0.0231. The quantitative estimate of drug-likeness (QED) is 0.456. The van der Waals surface area contributed by atoms with Crippen molar-refractivity contribution in [3.63, 3.8) is 0 Å². The second kappa shape index (κ2) is 1.95. The Kier molecular flexibility index (Phi) is 1.20. The number of rotatable bonds is 0. The Morgan fingerprint density at radius 2 is 2.50 bits per heavy atom. The molecule has 0 aromatic carbocycles. The van der Waals surface area contributed by atoms with Gasteiger partial charge in [-0.3, -0.25) is 9.69 Å². The fraction of sp³-hybridized carbons (Fsp3) is 0.857. The number of ether oxygens (including phenoxy) is 1. The van der Waals surface area contributed by atoms with Gasteiger partial charge in [0.15, 0.2) is 6.23 Å². The van der Waals surface area contributed by atoms with Gasteiger partial charge in [-0.15, -0.1) is 0 Å². The molecular formula is C7H11NO2. The molecule has 0 radical (unpaired) electrons. The van der Waals surface area contributed by atoms with Crippen molar-refractivity contribution in [1.29, 1.82) is 0 Å². The van der Waals surface area contributed by atoms with E-state index in [4.69, 9.17) is 4.74 Å². The summed E-state index contributed by atoms with van der Waals surface area (Å²) in [6.07, 6.45) is 2.16. The fourth-order valence-electron chi connectivity index (χ4n) is 1.79. The zero-order valence-electron chi connectivity index (χ0n) is 6.04. The van der Waals surface area contributed by atoms with Crippen molar-refractivity contribution < 1.29 is 9.53 Å². The molecule has 0 spiro atoms. The number of hydrogen-bond acceptors (Lipinski definition) is 3. The van der Waals surface area contributed by atoms with E-state index in [9.17, 15) is 4.79 Å². The fourth-order valence-corrected chi connectivity index (χ4v) is 1.79. The summed E-state index contributed by atoms with van der Waals surface area (Å²) < 4.78 is 5.02. The molecule has 10 heavy (non-hydrogen) atoms. The lowest BCUT2D eigenvalue weighted by Gasteiger charge is -2.14. The Bertz CT molecular complexity index is 169. The van der Waals surface area contributed by atoms with E-state index in [2.05, 4.69) is 4.90 Å². The highest BCUT2D eigenvalue weighted by molar-refractivity contribution is 5.78. The van der Waals surface area contributed by atoms with Gasteiger partial charge in [-0.05, 0) is 19.8 Å². The predicted molar refractivity (Wildman–Crippen MR) is 35.3 cm³/mol. The van der Waals surface area contributed by atoms with Crippen LogP contribution in [0.2, 0.25) is 0 Å². The molecule has 2 aliphatic heterocycles. The summed E-state index contributed by atoms with van der Waals surface area (Å²) in [5, 5.41) is 0. The van der Waals surface area contributed by atoms with Gasteiger partial charge in [0.05, 0.1) is 0 Å². The monoisotopic (exact) mass is 141 g/mol. The predicted octanol–water partition coefficient (Wildman–Crippen LogP) is 0.354. The first-order chi connectivity index (χ1) is 4.79. The normalized spacial score (nSPS) is 39.9. The van der Waals surface area contributed by atoms with Crippen molar-refractivity contribution in [1.82, 2.24) is 4.90 Å². The van der Waals surface area contributed by atoms with Gasteiger partial charge in [-0.25, -0.2) is 0 Å². The van der Waals surface area contributed by atoms with E-state index in [1.807, 2.05) is 6.92 Å². The lowest BCUT2D eigenvalue weighted by atomic mass is 10.2. The van der Waals surface area contributed by atoms with Gasteiger partial charge >= 0.3 is 5.97 Å². The zero-order valence-corrected chi connectivity index (χ0v) is 6.04. The van der Waals surface area contributed by atoms with Crippen LogP contribution >= 0.6 is 0 Å². The van der Waals surface area contributed by atoms with Gasteiger partial charge in [0.25, 0.3) is 0 Å². The first-order valence-corrected chi connectivity index (χ1v) is 3.75. The Hall–Kier alpha value is -0.570. The van der Waals surface area contributed by atoms with Crippen LogP contribution in [0.5, 0.6) is 0 Å². The summed E-state index contributed by atoms with van der Waals surface area (Å²) in [4.78, 5) is 13.1. The Balaban J connectivity index is 2.19. The van der Waals surface area contributed by atoms with E-state index < -0.39 is 0 Å². The maximum Gasteiger partial charge on any atom is 0.325 e. The zero-order chi connectivity index (χ0) is 7.14. The van der Waals surface area contributed by atoms with Crippen LogP contribution in [0.15, 0.2) is 0 Å².